The Kier molecular flexibility index (Phi) is 4.52. The fraction of sp³-hybridized carbons (Fsp3) is 0.304. The van der Waals surface area contributed by atoms with E-state index in [-0.39, 0.29) is 29.4 Å². The largest absolute Gasteiger partial charge is 0.508 e. The SMILES string of the molecule is CC(C)C(N)C(=O)O[C@@H]1C(=O)OCc2c1cc1n(c2=O)Cc2cc3cc(O)ccc3nc2-1. The monoisotopic (exact) mass is 435 g/mol. The highest BCUT2D eigenvalue weighted by atomic mass is 16.6. The molecule has 1 unspecified atom stereocenters. The van der Waals surface area contributed by atoms with Gasteiger partial charge in [-0.2, -0.15) is 0 Å². The van der Waals surface area contributed by atoms with Crippen LogP contribution in [-0.2, 0) is 32.2 Å². The van der Waals surface area contributed by atoms with Crippen molar-refractivity contribution >= 4 is 22.8 Å². The normalized spacial score (nSPS) is 17.5. The maximum absolute atomic E-state index is 13.2. The van der Waals surface area contributed by atoms with E-state index in [9.17, 15) is 19.5 Å². The Morgan fingerprint density at radius 2 is 2.06 bits per heavy atom. The van der Waals surface area contributed by atoms with Gasteiger partial charge in [0.15, 0.2) is 0 Å². The number of hydrogen-bond acceptors (Lipinski definition) is 8. The number of aromatic nitrogens is 2. The lowest BCUT2D eigenvalue weighted by Gasteiger charge is -2.26. The van der Waals surface area contributed by atoms with Crippen molar-refractivity contribution in [1.82, 2.24) is 9.55 Å². The Hall–Kier alpha value is -3.72. The average Bonchev–Trinajstić information content (AvgIpc) is 3.11. The van der Waals surface area contributed by atoms with Crippen LogP contribution in [-0.4, -0.2) is 32.6 Å². The first-order valence-electron chi connectivity index (χ1n) is 10.3. The zero-order valence-electron chi connectivity index (χ0n) is 17.5. The fourth-order valence-electron chi connectivity index (χ4n) is 4.09. The molecular weight excluding hydrogens is 414 g/mol. The second-order valence-corrected chi connectivity index (χ2v) is 8.42. The van der Waals surface area contributed by atoms with Crippen LogP contribution in [0.25, 0.3) is 22.3 Å². The quantitative estimate of drug-likeness (QED) is 0.465. The number of fused-ring (bicyclic) bond motifs is 5. The molecule has 0 amide bonds. The number of carbonyl (C=O) groups excluding carboxylic acids is 2. The maximum atomic E-state index is 13.2. The molecule has 3 N–H and O–H groups in total. The van der Waals surface area contributed by atoms with E-state index in [0.717, 1.165) is 10.9 Å². The van der Waals surface area contributed by atoms with Crippen molar-refractivity contribution in [3.05, 3.63) is 57.4 Å². The minimum absolute atomic E-state index is 0.127. The van der Waals surface area contributed by atoms with Crippen molar-refractivity contribution in [1.29, 1.82) is 0 Å². The van der Waals surface area contributed by atoms with Crippen molar-refractivity contribution in [2.75, 3.05) is 0 Å². The number of esters is 2. The summed E-state index contributed by atoms with van der Waals surface area (Å²) in [6.45, 7) is 3.64. The summed E-state index contributed by atoms with van der Waals surface area (Å²) in [5, 5.41) is 10.5. The minimum atomic E-state index is -1.36. The van der Waals surface area contributed by atoms with E-state index in [1.807, 2.05) is 6.07 Å². The summed E-state index contributed by atoms with van der Waals surface area (Å²) in [6.07, 6.45) is -1.36. The number of cyclic esters (lactones) is 1. The van der Waals surface area contributed by atoms with Crippen LogP contribution in [0.1, 0.15) is 36.6 Å². The van der Waals surface area contributed by atoms with Crippen molar-refractivity contribution in [2.24, 2.45) is 11.7 Å². The molecule has 32 heavy (non-hydrogen) atoms. The molecule has 164 valence electrons. The smallest absolute Gasteiger partial charge is 0.352 e. The van der Waals surface area contributed by atoms with E-state index in [1.165, 1.54) is 0 Å². The third-order valence-corrected chi connectivity index (χ3v) is 5.96. The molecule has 2 aliphatic heterocycles. The molecule has 0 saturated heterocycles. The lowest BCUT2D eigenvalue weighted by atomic mass is 9.99. The first kappa shape index (κ1) is 20.2. The predicted octanol–water partition coefficient (Wildman–Crippen LogP) is 1.76. The molecule has 2 aliphatic rings. The summed E-state index contributed by atoms with van der Waals surface area (Å²) in [5.74, 6) is -1.54. The third kappa shape index (κ3) is 3.04. The molecule has 0 spiro atoms. The Labute approximate surface area is 182 Å². The Morgan fingerprint density at radius 3 is 2.81 bits per heavy atom. The highest BCUT2D eigenvalue weighted by Gasteiger charge is 2.38. The van der Waals surface area contributed by atoms with Crippen molar-refractivity contribution in [3.8, 4) is 17.1 Å². The first-order valence-corrected chi connectivity index (χ1v) is 10.3. The van der Waals surface area contributed by atoms with Crippen molar-refractivity contribution < 1.29 is 24.2 Å². The molecule has 0 aliphatic carbocycles. The number of hydrogen-bond donors (Lipinski definition) is 2. The van der Waals surface area contributed by atoms with Crippen molar-refractivity contribution in [3.63, 3.8) is 0 Å². The van der Waals surface area contributed by atoms with Gasteiger partial charge >= 0.3 is 11.9 Å². The number of pyridine rings is 2. The van der Waals surface area contributed by atoms with E-state index < -0.39 is 24.1 Å². The van der Waals surface area contributed by atoms with Gasteiger partial charge in [-0.1, -0.05) is 13.8 Å². The third-order valence-electron chi connectivity index (χ3n) is 5.96. The second kappa shape index (κ2) is 7.16. The van der Waals surface area contributed by atoms with Gasteiger partial charge in [0.25, 0.3) is 5.56 Å². The molecule has 0 saturated carbocycles. The number of carbonyl (C=O) groups is 2. The van der Waals surface area contributed by atoms with Crippen LogP contribution in [0.2, 0.25) is 0 Å². The van der Waals surface area contributed by atoms with Gasteiger partial charge in [-0.05, 0) is 36.2 Å². The zero-order chi connectivity index (χ0) is 22.7. The van der Waals surface area contributed by atoms with Gasteiger partial charge in [-0.3, -0.25) is 9.59 Å². The summed E-state index contributed by atoms with van der Waals surface area (Å²) < 4.78 is 12.1. The van der Waals surface area contributed by atoms with Gasteiger partial charge in [0, 0.05) is 16.5 Å². The van der Waals surface area contributed by atoms with E-state index >= 15 is 0 Å². The van der Waals surface area contributed by atoms with Gasteiger partial charge in [0.1, 0.15) is 18.4 Å². The van der Waals surface area contributed by atoms with Gasteiger partial charge < -0.3 is 24.9 Å². The summed E-state index contributed by atoms with van der Waals surface area (Å²) in [6, 6.07) is 7.48. The fourth-order valence-corrected chi connectivity index (χ4v) is 4.09. The van der Waals surface area contributed by atoms with Crippen LogP contribution >= 0.6 is 0 Å². The predicted molar refractivity (Wildman–Crippen MR) is 114 cm³/mol. The molecule has 5 rings (SSSR count). The van der Waals surface area contributed by atoms with E-state index in [4.69, 9.17) is 15.2 Å². The average molecular weight is 435 g/mol. The van der Waals surface area contributed by atoms with Crippen LogP contribution in [0, 0.1) is 5.92 Å². The number of nitrogens with zero attached hydrogens (tertiary/aromatic N) is 2. The van der Waals surface area contributed by atoms with Gasteiger partial charge in [-0.25, -0.2) is 9.78 Å². The van der Waals surface area contributed by atoms with Crippen LogP contribution in [0.15, 0.2) is 35.1 Å². The van der Waals surface area contributed by atoms with Crippen LogP contribution in [0.4, 0.5) is 0 Å². The molecule has 2 aromatic heterocycles. The number of ether oxygens (including phenoxy) is 2. The Balaban J connectivity index is 1.63. The van der Waals surface area contributed by atoms with Crippen LogP contribution in [0.5, 0.6) is 5.75 Å². The number of benzene rings is 1. The molecule has 4 heterocycles. The molecule has 9 heteroatoms. The van der Waals surface area contributed by atoms with E-state index in [0.29, 0.717) is 29.0 Å². The molecule has 9 nitrogen and oxygen atoms in total. The second-order valence-electron chi connectivity index (χ2n) is 8.42. The number of phenolic OH excluding ortho intramolecular Hbond substituents is 1. The highest BCUT2D eigenvalue weighted by molar-refractivity contribution is 5.87. The van der Waals surface area contributed by atoms with Crippen LogP contribution in [0.3, 0.4) is 0 Å². The standard InChI is InChI=1S/C23H21N3O6/c1-10(2)18(24)22(29)32-20-14-7-17-19-12(5-11-6-13(27)3-4-16(11)25-19)8-26(17)21(28)15(14)9-31-23(20)30/h3-7,10,18,20,27H,8-9,24H2,1-2H3/t18?,20-/m0/s1. The summed E-state index contributed by atoms with van der Waals surface area (Å²) in [7, 11) is 0. The number of aromatic hydroxyl groups is 1. The molecule has 1 aromatic carbocycles. The number of nitrogens with two attached hydrogens (primary N) is 1. The van der Waals surface area contributed by atoms with Gasteiger partial charge in [0.2, 0.25) is 6.10 Å². The summed E-state index contributed by atoms with van der Waals surface area (Å²) in [4.78, 5) is 42.8. The lowest BCUT2D eigenvalue weighted by molar-refractivity contribution is -0.173. The molecule has 0 fully saturated rings. The van der Waals surface area contributed by atoms with Crippen molar-refractivity contribution in [2.45, 2.75) is 39.1 Å². The molecule has 0 radical (unpaired) electrons. The highest BCUT2D eigenvalue weighted by Crippen LogP contribution is 2.36. The summed E-state index contributed by atoms with van der Waals surface area (Å²) >= 11 is 0. The van der Waals surface area contributed by atoms with Gasteiger partial charge in [0.05, 0.1) is 29.0 Å². The van der Waals surface area contributed by atoms with E-state index in [1.54, 1.807) is 42.7 Å². The Bertz CT molecular complexity index is 1360. The number of phenols is 1. The Morgan fingerprint density at radius 1 is 1.28 bits per heavy atom. The lowest BCUT2D eigenvalue weighted by Crippen LogP contribution is -2.40. The maximum Gasteiger partial charge on any atom is 0.352 e. The topological polar surface area (TPSA) is 134 Å². The van der Waals surface area contributed by atoms with Crippen LogP contribution < -0.4 is 11.3 Å². The number of rotatable bonds is 3. The van der Waals surface area contributed by atoms with Gasteiger partial charge in [-0.15, -0.1) is 0 Å². The molecule has 0 bridgehead atoms. The molecule has 3 aromatic rings. The zero-order valence-corrected chi connectivity index (χ0v) is 17.5. The summed E-state index contributed by atoms with van der Waals surface area (Å²) in [5.41, 5.74) is 8.70. The first-order chi connectivity index (χ1) is 15.2. The molecular formula is C23H21N3O6. The molecule has 2 atom stereocenters. The van der Waals surface area contributed by atoms with E-state index in [2.05, 4.69) is 4.98 Å². The minimum Gasteiger partial charge on any atom is -0.508 e.